The normalized spacial score (nSPS) is 13.6. The SMILES string of the molecule is C#CCN=C(N)c1ccc(C(=O)N(CCCC)c2ccc3c(c2)CN(CC(=O)OCC)CC3)cc1. The van der Waals surface area contributed by atoms with Crippen molar-refractivity contribution in [2.75, 3.05) is 37.7 Å². The maximum absolute atomic E-state index is 13.5. The molecule has 7 heteroatoms. The molecule has 1 aliphatic rings. The Hall–Kier alpha value is -3.63. The standard InChI is InChI=1S/C28H34N4O3/c1-4-7-16-32(28(34)23-10-8-22(9-11-23)27(29)30-15-5-2)25-13-12-21-14-17-31(19-24(21)18-25)20-26(33)35-6-3/h2,8-13,18H,4,6-7,14-17,19-20H2,1,3H3,(H2,29,30). The molecule has 0 radical (unpaired) electrons. The third kappa shape index (κ3) is 6.93. The van der Waals surface area contributed by atoms with Crippen LogP contribution in [0.15, 0.2) is 47.5 Å². The largest absolute Gasteiger partial charge is 0.465 e. The van der Waals surface area contributed by atoms with Crippen molar-refractivity contribution in [2.24, 2.45) is 10.7 Å². The van der Waals surface area contributed by atoms with Crippen LogP contribution >= 0.6 is 0 Å². The third-order valence-corrected chi connectivity index (χ3v) is 6.00. The molecule has 3 rings (SSSR count). The van der Waals surface area contributed by atoms with Gasteiger partial charge >= 0.3 is 5.97 Å². The monoisotopic (exact) mass is 474 g/mol. The topological polar surface area (TPSA) is 88.2 Å². The lowest BCUT2D eigenvalue weighted by Crippen LogP contribution is -2.36. The predicted molar refractivity (Wildman–Crippen MR) is 140 cm³/mol. The predicted octanol–water partition coefficient (Wildman–Crippen LogP) is 3.39. The number of nitrogens with two attached hydrogens (primary N) is 1. The molecular weight excluding hydrogens is 440 g/mol. The highest BCUT2D eigenvalue weighted by molar-refractivity contribution is 6.07. The Balaban J connectivity index is 1.81. The van der Waals surface area contributed by atoms with E-state index >= 15 is 0 Å². The Morgan fingerprint density at radius 1 is 1.14 bits per heavy atom. The van der Waals surface area contributed by atoms with Gasteiger partial charge in [-0.1, -0.05) is 37.5 Å². The second-order valence-electron chi connectivity index (χ2n) is 8.51. The molecule has 0 aliphatic carbocycles. The van der Waals surface area contributed by atoms with Crippen LogP contribution in [-0.4, -0.2) is 55.4 Å². The highest BCUT2D eigenvalue weighted by Crippen LogP contribution is 2.26. The van der Waals surface area contributed by atoms with E-state index in [1.165, 1.54) is 5.56 Å². The van der Waals surface area contributed by atoms with E-state index in [2.05, 4.69) is 34.9 Å². The molecule has 0 saturated heterocycles. The van der Waals surface area contributed by atoms with Crippen molar-refractivity contribution in [3.63, 3.8) is 0 Å². The van der Waals surface area contributed by atoms with Gasteiger partial charge in [-0.3, -0.25) is 19.5 Å². The van der Waals surface area contributed by atoms with Crippen molar-refractivity contribution in [3.8, 4) is 12.3 Å². The van der Waals surface area contributed by atoms with E-state index in [0.29, 0.717) is 31.1 Å². The average molecular weight is 475 g/mol. The fourth-order valence-corrected chi connectivity index (χ4v) is 4.12. The van der Waals surface area contributed by atoms with E-state index in [0.717, 1.165) is 42.6 Å². The highest BCUT2D eigenvalue weighted by atomic mass is 16.5. The minimum atomic E-state index is -0.208. The lowest BCUT2D eigenvalue weighted by atomic mass is 9.98. The molecule has 0 unspecified atom stereocenters. The van der Waals surface area contributed by atoms with Gasteiger partial charge in [0.25, 0.3) is 5.91 Å². The van der Waals surface area contributed by atoms with E-state index in [1.807, 2.05) is 17.9 Å². The number of carbonyl (C=O) groups excluding carboxylic acids is 2. The summed E-state index contributed by atoms with van der Waals surface area (Å²) in [4.78, 5) is 33.5. The number of amides is 1. The number of fused-ring (bicyclic) bond motifs is 1. The molecular formula is C28H34N4O3. The maximum Gasteiger partial charge on any atom is 0.320 e. The Kier molecular flexibility index (Phi) is 9.45. The molecule has 35 heavy (non-hydrogen) atoms. The zero-order chi connectivity index (χ0) is 25.2. The van der Waals surface area contributed by atoms with E-state index in [4.69, 9.17) is 16.9 Å². The van der Waals surface area contributed by atoms with Crippen LogP contribution in [0.1, 0.15) is 53.7 Å². The fourth-order valence-electron chi connectivity index (χ4n) is 4.12. The molecule has 7 nitrogen and oxygen atoms in total. The van der Waals surface area contributed by atoms with Crippen LogP contribution in [0.4, 0.5) is 5.69 Å². The zero-order valence-corrected chi connectivity index (χ0v) is 20.6. The van der Waals surface area contributed by atoms with Gasteiger partial charge in [0.1, 0.15) is 12.4 Å². The second-order valence-corrected chi connectivity index (χ2v) is 8.51. The maximum atomic E-state index is 13.5. The van der Waals surface area contributed by atoms with Crippen LogP contribution in [0.2, 0.25) is 0 Å². The number of terminal acetylenes is 1. The Morgan fingerprint density at radius 2 is 1.89 bits per heavy atom. The first-order valence-electron chi connectivity index (χ1n) is 12.1. The molecule has 2 aromatic carbocycles. The van der Waals surface area contributed by atoms with Gasteiger partial charge in [-0.15, -0.1) is 6.42 Å². The molecule has 2 aromatic rings. The number of amidine groups is 1. The molecule has 0 saturated carbocycles. The van der Waals surface area contributed by atoms with Crippen LogP contribution in [0.5, 0.6) is 0 Å². The first kappa shape index (κ1) is 26.0. The second kappa shape index (κ2) is 12.7. The van der Waals surface area contributed by atoms with Gasteiger partial charge in [0.15, 0.2) is 0 Å². The van der Waals surface area contributed by atoms with Crippen LogP contribution in [0.25, 0.3) is 0 Å². The summed E-state index contributed by atoms with van der Waals surface area (Å²) in [7, 11) is 0. The van der Waals surface area contributed by atoms with Crippen molar-refractivity contribution < 1.29 is 14.3 Å². The van der Waals surface area contributed by atoms with Gasteiger partial charge in [-0.2, -0.15) is 0 Å². The number of benzene rings is 2. The van der Waals surface area contributed by atoms with Gasteiger partial charge in [0.05, 0.1) is 13.2 Å². The summed E-state index contributed by atoms with van der Waals surface area (Å²) in [6.07, 6.45) is 7.97. The molecule has 0 spiro atoms. The first-order chi connectivity index (χ1) is 17.0. The van der Waals surface area contributed by atoms with Crippen molar-refractivity contribution in [2.45, 2.75) is 39.7 Å². The molecule has 0 bridgehead atoms. The average Bonchev–Trinajstić information content (AvgIpc) is 2.87. The van der Waals surface area contributed by atoms with Gasteiger partial charge < -0.3 is 15.4 Å². The van der Waals surface area contributed by atoms with E-state index in [9.17, 15) is 9.59 Å². The fraction of sp³-hybridized carbons (Fsp3) is 0.393. The van der Waals surface area contributed by atoms with Crippen molar-refractivity contribution in [3.05, 3.63) is 64.7 Å². The minimum Gasteiger partial charge on any atom is -0.465 e. The van der Waals surface area contributed by atoms with Crippen molar-refractivity contribution in [1.82, 2.24) is 4.90 Å². The summed E-state index contributed by atoms with van der Waals surface area (Å²) in [5, 5.41) is 0. The van der Waals surface area contributed by atoms with Crippen LogP contribution < -0.4 is 10.6 Å². The number of aliphatic imine (C=N–C) groups is 1. The number of nitrogens with zero attached hydrogens (tertiary/aromatic N) is 3. The van der Waals surface area contributed by atoms with Crippen LogP contribution in [-0.2, 0) is 22.5 Å². The van der Waals surface area contributed by atoms with Crippen LogP contribution in [0, 0.1) is 12.3 Å². The van der Waals surface area contributed by atoms with Gasteiger partial charge in [0, 0.05) is 36.4 Å². The quantitative estimate of drug-likeness (QED) is 0.247. The van der Waals surface area contributed by atoms with Gasteiger partial charge in [-0.05, 0) is 55.2 Å². The van der Waals surface area contributed by atoms with E-state index in [1.54, 1.807) is 24.3 Å². The lowest BCUT2D eigenvalue weighted by Gasteiger charge is -2.30. The zero-order valence-electron chi connectivity index (χ0n) is 20.6. The summed E-state index contributed by atoms with van der Waals surface area (Å²) < 4.78 is 5.10. The summed E-state index contributed by atoms with van der Waals surface area (Å²) in [5.74, 6) is 2.51. The molecule has 1 aliphatic heterocycles. The van der Waals surface area contributed by atoms with E-state index in [-0.39, 0.29) is 25.0 Å². The number of hydrogen-bond acceptors (Lipinski definition) is 5. The Bertz CT molecular complexity index is 1100. The van der Waals surface area contributed by atoms with Crippen molar-refractivity contribution >= 4 is 23.4 Å². The molecule has 1 heterocycles. The number of ether oxygens (including phenoxy) is 1. The number of rotatable bonds is 10. The van der Waals surface area contributed by atoms with Crippen LogP contribution in [0.3, 0.4) is 0 Å². The number of unbranched alkanes of at least 4 members (excludes halogenated alkanes) is 1. The molecule has 1 amide bonds. The molecule has 0 atom stereocenters. The van der Waals surface area contributed by atoms with Gasteiger partial charge in [-0.25, -0.2) is 0 Å². The minimum absolute atomic E-state index is 0.0664. The summed E-state index contributed by atoms with van der Waals surface area (Å²) in [6, 6.07) is 13.3. The Morgan fingerprint density at radius 3 is 2.57 bits per heavy atom. The highest BCUT2D eigenvalue weighted by Gasteiger charge is 2.22. The van der Waals surface area contributed by atoms with E-state index < -0.39 is 0 Å². The molecule has 184 valence electrons. The molecule has 2 N–H and O–H groups in total. The third-order valence-electron chi connectivity index (χ3n) is 6.00. The van der Waals surface area contributed by atoms with Crippen molar-refractivity contribution in [1.29, 1.82) is 0 Å². The number of hydrogen-bond donors (Lipinski definition) is 1. The molecule has 0 fully saturated rings. The number of carbonyl (C=O) groups is 2. The smallest absolute Gasteiger partial charge is 0.320 e. The lowest BCUT2D eigenvalue weighted by molar-refractivity contribution is -0.144. The van der Waals surface area contributed by atoms with Gasteiger partial charge in [0.2, 0.25) is 0 Å². The molecule has 0 aromatic heterocycles. The number of esters is 1. The summed E-state index contributed by atoms with van der Waals surface area (Å²) >= 11 is 0. The number of anilines is 1. The Labute approximate surface area is 208 Å². The first-order valence-corrected chi connectivity index (χ1v) is 12.1. The summed E-state index contributed by atoms with van der Waals surface area (Å²) in [5.41, 5.74) is 10.5. The summed E-state index contributed by atoms with van der Waals surface area (Å²) in [6.45, 7) is 6.87.